The highest BCUT2D eigenvalue weighted by atomic mass is 16.8. The van der Waals surface area contributed by atoms with Gasteiger partial charge < -0.3 is 39.0 Å². The number of carbonyl (C=O) groups excluding carboxylic acids is 2. The number of cyclic esters (lactones) is 1. The van der Waals surface area contributed by atoms with Crippen LogP contribution in [0.2, 0.25) is 0 Å². The van der Waals surface area contributed by atoms with E-state index in [9.17, 15) is 24.9 Å². The third kappa shape index (κ3) is 3.82. The van der Waals surface area contributed by atoms with Crippen molar-refractivity contribution in [3.8, 4) is 0 Å². The topological polar surface area (TPSA) is 141 Å². The van der Waals surface area contributed by atoms with Crippen LogP contribution in [0.4, 0.5) is 0 Å². The van der Waals surface area contributed by atoms with Crippen molar-refractivity contribution in [3.63, 3.8) is 0 Å². The first-order chi connectivity index (χ1) is 13.4. The summed E-state index contributed by atoms with van der Waals surface area (Å²) in [4.78, 5) is 23.1. The summed E-state index contributed by atoms with van der Waals surface area (Å²) in [5, 5.41) is 30.1. The number of ether oxygens (including phenoxy) is 5. The molecule has 0 spiro atoms. The molecule has 3 aliphatic rings. The van der Waals surface area contributed by atoms with Crippen LogP contribution < -0.4 is 0 Å². The van der Waals surface area contributed by atoms with Crippen LogP contribution in [-0.2, 0) is 33.3 Å². The molecule has 28 heavy (non-hydrogen) atoms. The fraction of sp³-hybridized carbons (Fsp3) is 0.556. The molecular weight excluding hydrogens is 376 g/mol. The monoisotopic (exact) mass is 398 g/mol. The van der Waals surface area contributed by atoms with Crippen LogP contribution in [0.5, 0.6) is 0 Å². The summed E-state index contributed by atoms with van der Waals surface area (Å²) in [6.45, 7) is 4.35. The SMILES string of the molecule is C=C[C@@H]1C2=CCOC(=O)C2=CO[C@H]1O[C@@H]1O[C@H](CO)[C@@H](O)[C@H](OC(C)=O)[C@H]1O. The van der Waals surface area contributed by atoms with E-state index in [1.165, 1.54) is 12.3 Å². The number of rotatable bonds is 5. The summed E-state index contributed by atoms with van der Waals surface area (Å²) in [6, 6.07) is 0. The molecule has 3 rings (SSSR count). The first-order valence-electron chi connectivity index (χ1n) is 8.68. The fourth-order valence-electron chi connectivity index (χ4n) is 3.29. The van der Waals surface area contributed by atoms with E-state index >= 15 is 0 Å². The standard InChI is InChI=1S/C18H22O10/c1-3-9-10-4-5-24-16(23)11(10)7-25-17(9)28-18-14(22)15(26-8(2)20)13(21)12(6-19)27-18/h3-4,7,9,12-15,17-19,21-22H,1,5-6H2,2H3/t9-,12-,13-,14-,15+,17+,18+/m1/s1. The fourth-order valence-corrected chi connectivity index (χ4v) is 3.29. The first-order valence-corrected chi connectivity index (χ1v) is 8.68. The van der Waals surface area contributed by atoms with E-state index in [-0.39, 0.29) is 12.2 Å². The predicted octanol–water partition coefficient (Wildman–Crippen LogP) is -1.10. The highest BCUT2D eigenvalue weighted by Crippen LogP contribution is 2.36. The largest absolute Gasteiger partial charge is 0.471 e. The van der Waals surface area contributed by atoms with Crippen molar-refractivity contribution >= 4 is 11.9 Å². The highest BCUT2D eigenvalue weighted by Gasteiger charge is 2.49. The van der Waals surface area contributed by atoms with E-state index in [2.05, 4.69) is 6.58 Å². The lowest BCUT2D eigenvalue weighted by Gasteiger charge is -2.43. The number of carbonyl (C=O) groups is 2. The maximum absolute atomic E-state index is 11.8. The van der Waals surface area contributed by atoms with Gasteiger partial charge in [0.05, 0.1) is 18.1 Å². The third-order valence-electron chi connectivity index (χ3n) is 4.67. The lowest BCUT2D eigenvalue weighted by Crippen LogP contribution is -2.61. The molecule has 0 saturated carbocycles. The maximum atomic E-state index is 11.8. The molecule has 10 heteroatoms. The smallest absolute Gasteiger partial charge is 0.341 e. The maximum Gasteiger partial charge on any atom is 0.341 e. The van der Waals surface area contributed by atoms with Crippen LogP contribution in [0.1, 0.15) is 6.92 Å². The Morgan fingerprint density at radius 3 is 2.75 bits per heavy atom. The second kappa shape index (κ2) is 8.41. The van der Waals surface area contributed by atoms with Gasteiger partial charge in [-0.2, -0.15) is 0 Å². The van der Waals surface area contributed by atoms with Crippen molar-refractivity contribution in [2.45, 2.75) is 43.9 Å². The Hall–Kier alpha value is -2.24. The van der Waals surface area contributed by atoms with E-state index in [0.717, 1.165) is 6.92 Å². The van der Waals surface area contributed by atoms with Crippen LogP contribution in [-0.4, -0.2) is 77.5 Å². The zero-order valence-electron chi connectivity index (χ0n) is 15.1. The Morgan fingerprint density at radius 2 is 2.11 bits per heavy atom. The van der Waals surface area contributed by atoms with Crippen molar-refractivity contribution in [1.29, 1.82) is 0 Å². The molecule has 7 atom stereocenters. The van der Waals surface area contributed by atoms with Crippen molar-refractivity contribution in [2.24, 2.45) is 5.92 Å². The van der Waals surface area contributed by atoms with E-state index < -0.39 is 61.5 Å². The lowest BCUT2D eigenvalue weighted by atomic mass is 9.89. The lowest BCUT2D eigenvalue weighted by molar-refractivity contribution is -0.336. The van der Waals surface area contributed by atoms with Gasteiger partial charge in [-0.1, -0.05) is 6.08 Å². The van der Waals surface area contributed by atoms with Gasteiger partial charge in [0.25, 0.3) is 0 Å². The molecule has 0 aromatic carbocycles. The number of esters is 2. The summed E-state index contributed by atoms with van der Waals surface area (Å²) in [6.07, 6.45) is -3.53. The predicted molar refractivity (Wildman–Crippen MR) is 90.1 cm³/mol. The number of aliphatic hydroxyl groups is 3. The molecular formula is C18H22O10. The number of aliphatic hydroxyl groups excluding tert-OH is 3. The first kappa shape index (κ1) is 20.5. The molecule has 3 aliphatic heterocycles. The molecule has 10 nitrogen and oxygen atoms in total. The number of hydrogen-bond donors (Lipinski definition) is 3. The number of hydrogen-bond acceptors (Lipinski definition) is 10. The highest BCUT2D eigenvalue weighted by molar-refractivity contribution is 5.94. The second-order valence-electron chi connectivity index (χ2n) is 6.47. The number of fused-ring (bicyclic) bond motifs is 1. The van der Waals surface area contributed by atoms with Crippen LogP contribution in [0.15, 0.2) is 36.1 Å². The van der Waals surface area contributed by atoms with Gasteiger partial charge in [0.1, 0.15) is 31.2 Å². The Morgan fingerprint density at radius 1 is 1.36 bits per heavy atom. The van der Waals surface area contributed by atoms with Crippen molar-refractivity contribution in [3.05, 3.63) is 36.1 Å². The minimum absolute atomic E-state index is 0.0957. The molecule has 0 bridgehead atoms. The molecule has 0 unspecified atom stereocenters. The van der Waals surface area contributed by atoms with Crippen molar-refractivity contribution < 1.29 is 48.6 Å². The van der Waals surface area contributed by atoms with E-state index in [0.29, 0.717) is 5.57 Å². The Bertz CT molecular complexity index is 698. The van der Waals surface area contributed by atoms with Gasteiger partial charge in [-0.3, -0.25) is 4.79 Å². The Labute approximate surface area is 160 Å². The van der Waals surface area contributed by atoms with Gasteiger partial charge in [-0.05, 0) is 11.6 Å². The summed E-state index contributed by atoms with van der Waals surface area (Å²) >= 11 is 0. The molecule has 0 aliphatic carbocycles. The van der Waals surface area contributed by atoms with Crippen LogP contribution in [0.3, 0.4) is 0 Å². The third-order valence-corrected chi connectivity index (χ3v) is 4.67. The minimum atomic E-state index is -1.55. The summed E-state index contributed by atoms with van der Waals surface area (Å²) < 4.78 is 26.5. The molecule has 154 valence electrons. The molecule has 1 fully saturated rings. The van der Waals surface area contributed by atoms with Crippen molar-refractivity contribution in [2.75, 3.05) is 13.2 Å². The molecule has 3 heterocycles. The second-order valence-corrected chi connectivity index (χ2v) is 6.47. The van der Waals surface area contributed by atoms with Crippen LogP contribution in [0.25, 0.3) is 0 Å². The molecule has 1 saturated heterocycles. The van der Waals surface area contributed by atoms with Gasteiger partial charge in [-0.25, -0.2) is 4.79 Å². The Kier molecular flexibility index (Phi) is 6.16. The normalized spacial score (nSPS) is 37.6. The minimum Gasteiger partial charge on any atom is -0.471 e. The molecule has 3 N–H and O–H groups in total. The van der Waals surface area contributed by atoms with Crippen molar-refractivity contribution in [1.82, 2.24) is 0 Å². The summed E-state index contributed by atoms with van der Waals surface area (Å²) in [5.74, 6) is -1.83. The van der Waals surface area contributed by atoms with E-state index in [1.54, 1.807) is 6.08 Å². The van der Waals surface area contributed by atoms with E-state index in [1.807, 2.05) is 0 Å². The summed E-state index contributed by atoms with van der Waals surface area (Å²) in [5.41, 5.74) is 0.839. The van der Waals surface area contributed by atoms with Gasteiger partial charge in [0, 0.05) is 6.92 Å². The van der Waals surface area contributed by atoms with Gasteiger partial charge in [-0.15, -0.1) is 6.58 Å². The molecule has 0 aromatic heterocycles. The molecule has 0 radical (unpaired) electrons. The van der Waals surface area contributed by atoms with E-state index in [4.69, 9.17) is 23.7 Å². The molecule has 0 aromatic rings. The van der Waals surface area contributed by atoms with Gasteiger partial charge >= 0.3 is 11.9 Å². The summed E-state index contributed by atoms with van der Waals surface area (Å²) in [7, 11) is 0. The zero-order valence-corrected chi connectivity index (χ0v) is 15.1. The van der Waals surface area contributed by atoms with Gasteiger partial charge in [0.15, 0.2) is 12.4 Å². The van der Waals surface area contributed by atoms with Crippen LogP contribution >= 0.6 is 0 Å². The quantitative estimate of drug-likeness (QED) is 0.386. The van der Waals surface area contributed by atoms with Gasteiger partial charge in [0.2, 0.25) is 6.29 Å². The Balaban J connectivity index is 1.80. The van der Waals surface area contributed by atoms with Crippen LogP contribution in [0, 0.1) is 5.92 Å². The molecule has 0 amide bonds. The average molecular weight is 398 g/mol. The zero-order chi connectivity index (χ0) is 20.4. The average Bonchev–Trinajstić information content (AvgIpc) is 2.67.